The predicted molar refractivity (Wildman–Crippen MR) is 78.3 cm³/mol. The fourth-order valence-electron chi connectivity index (χ4n) is 2.41. The lowest BCUT2D eigenvalue weighted by molar-refractivity contribution is -0.131. The first-order valence-electron chi connectivity index (χ1n) is 7.08. The van der Waals surface area contributed by atoms with Crippen molar-refractivity contribution in [2.24, 2.45) is 0 Å². The SMILES string of the molecule is O=C(Cn1cccnc1=O)N1CCC(Oc2cccnc2)C1. The molecule has 22 heavy (non-hydrogen) atoms. The fraction of sp³-hybridized carbons (Fsp3) is 0.333. The van der Waals surface area contributed by atoms with Gasteiger partial charge in [-0.25, -0.2) is 9.78 Å². The molecule has 3 heterocycles. The van der Waals surface area contributed by atoms with Crippen LogP contribution in [0.2, 0.25) is 0 Å². The third-order valence-electron chi connectivity index (χ3n) is 3.52. The molecule has 7 nitrogen and oxygen atoms in total. The van der Waals surface area contributed by atoms with Crippen LogP contribution in [0.1, 0.15) is 6.42 Å². The van der Waals surface area contributed by atoms with Gasteiger partial charge in [-0.15, -0.1) is 0 Å². The first-order chi connectivity index (χ1) is 10.7. The van der Waals surface area contributed by atoms with Crippen molar-refractivity contribution in [3.8, 4) is 5.75 Å². The van der Waals surface area contributed by atoms with Crippen LogP contribution < -0.4 is 10.4 Å². The number of carbonyl (C=O) groups is 1. The van der Waals surface area contributed by atoms with Crippen LogP contribution in [0.15, 0.2) is 47.8 Å². The lowest BCUT2D eigenvalue weighted by Crippen LogP contribution is -2.36. The first-order valence-corrected chi connectivity index (χ1v) is 7.08. The number of aromatic nitrogens is 3. The number of amides is 1. The zero-order valence-corrected chi connectivity index (χ0v) is 12.0. The van der Waals surface area contributed by atoms with Crippen molar-refractivity contribution in [3.63, 3.8) is 0 Å². The minimum Gasteiger partial charge on any atom is -0.487 e. The van der Waals surface area contributed by atoms with Crippen LogP contribution in [0.3, 0.4) is 0 Å². The largest absolute Gasteiger partial charge is 0.487 e. The molecular formula is C15H16N4O3. The summed E-state index contributed by atoms with van der Waals surface area (Å²) in [5, 5.41) is 0. The minimum absolute atomic E-state index is 0.00624. The molecule has 114 valence electrons. The average molecular weight is 300 g/mol. The zero-order chi connectivity index (χ0) is 15.4. The topological polar surface area (TPSA) is 77.3 Å². The molecule has 0 aliphatic carbocycles. The highest BCUT2D eigenvalue weighted by atomic mass is 16.5. The number of carbonyl (C=O) groups excluding carboxylic acids is 1. The number of hydrogen-bond acceptors (Lipinski definition) is 5. The Bertz CT molecular complexity index is 701. The maximum atomic E-state index is 12.2. The van der Waals surface area contributed by atoms with Crippen molar-refractivity contribution in [1.29, 1.82) is 0 Å². The Hall–Kier alpha value is -2.70. The second-order valence-electron chi connectivity index (χ2n) is 5.09. The molecule has 1 aliphatic rings. The van der Waals surface area contributed by atoms with Crippen LogP contribution in [0.5, 0.6) is 5.75 Å². The standard InChI is InChI=1S/C15H16N4O3/c20-14(11-19-7-2-6-17-15(19)21)18-8-4-13(10-18)22-12-3-1-5-16-9-12/h1-3,5-7,9,13H,4,8,10-11H2. The van der Waals surface area contributed by atoms with Crippen molar-refractivity contribution in [2.45, 2.75) is 19.1 Å². The number of hydrogen-bond donors (Lipinski definition) is 0. The van der Waals surface area contributed by atoms with E-state index < -0.39 is 5.69 Å². The van der Waals surface area contributed by atoms with Gasteiger partial charge in [-0.05, 0) is 18.2 Å². The number of rotatable bonds is 4. The van der Waals surface area contributed by atoms with Gasteiger partial charge in [0.15, 0.2) is 0 Å². The van der Waals surface area contributed by atoms with E-state index in [1.807, 2.05) is 12.1 Å². The summed E-state index contributed by atoms with van der Waals surface area (Å²) in [6.07, 6.45) is 7.04. The van der Waals surface area contributed by atoms with Gasteiger partial charge in [0.05, 0.1) is 12.7 Å². The van der Waals surface area contributed by atoms with E-state index in [-0.39, 0.29) is 18.6 Å². The predicted octanol–water partition coefficient (Wildman–Crippen LogP) is 0.318. The number of ether oxygens (including phenoxy) is 1. The van der Waals surface area contributed by atoms with Gasteiger partial charge in [-0.1, -0.05) is 0 Å². The lowest BCUT2D eigenvalue weighted by atomic mass is 10.3. The van der Waals surface area contributed by atoms with Gasteiger partial charge < -0.3 is 9.64 Å². The van der Waals surface area contributed by atoms with Crippen molar-refractivity contribution in [2.75, 3.05) is 13.1 Å². The summed E-state index contributed by atoms with van der Waals surface area (Å²) in [6.45, 7) is 1.15. The van der Waals surface area contributed by atoms with Crippen molar-refractivity contribution >= 4 is 5.91 Å². The second-order valence-corrected chi connectivity index (χ2v) is 5.09. The molecule has 7 heteroatoms. The van der Waals surface area contributed by atoms with Crippen molar-refractivity contribution in [3.05, 3.63) is 53.5 Å². The summed E-state index contributed by atoms with van der Waals surface area (Å²) >= 11 is 0. The molecule has 1 unspecified atom stereocenters. The van der Waals surface area contributed by atoms with Gasteiger partial charge in [-0.3, -0.25) is 14.3 Å². The number of nitrogens with zero attached hydrogens (tertiary/aromatic N) is 4. The van der Waals surface area contributed by atoms with Crippen LogP contribution in [0.25, 0.3) is 0 Å². The first kappa shape index (κ1) is 14.2. The summed E-state index contributed by atoms with van der Waals surface area (Å²) in [6, 6.07) is 5.28. The van der Waals surface area contributed by atoms with Crippen LogP contribution in [-0.2, 0) is 11.3 Å². The molecule has 0 spiro atoms. The van der Waals surface area contributed by atoms with E-state index in [0.29, 0.717) is 18.8 Å². The van der Waals surface area contributed by atoms with Gasteiger partial charge >= 0.3 is 5.69 Å². The number of likely N-dealkylation sites (tertiary alicyclic amines) is 1. The van der Waals surface area contributed by atoms with E-state index in [1.165, 1.54) is 10.8 Å². The molecule has 1 aliphatic heterocycles. The fourth-order valence-corrected chi connectivity index (χ4v) is 2.41. The van der Waals surface area contributed by atoms with E-state index in [4.69, 9.17) is 4.74 Å². The van der Waals surface area contributed by atoms with E-state index >= 15 is 0 Å². The molecule has 1 atom stereocenters. The molecule has 1 saturated heterocycles. The summed E-state index contributed by atoms with van der Waals surface area (Å²) in [5.74, 6) is 0.595. The Morgan fingerprint density at radius 3 is 3.05 bits per heavy atom. The van der Waals surface area contributed by atoms with Crippen LogP contribution in [-0.4, -0.2) is 44.5 Å². The quantitative estimate of drug-likeness (QED) is 0.812. The molecule has 1 fully saturated rings. The van der Waals surface area contributed by atoms with Crippen LogP contribution in [0.4, 0.5) is 0 Å². The van der Waals surface area contributed by atoms with E-state index in [2.05, 4.69) is 9.97 Å². The Kier molecular flexibility index (Phi) is 4.13. The van der Waals surface area contributed by atoms with Gasteiger partial charge in [0.1, 0.15) is 18.4 Å². The highest BCUT2D eigenvalue weighted by Crippen LogP contribution is 2.17. The van der Waals surface area contributed by atoms with E-state index in [0.717, 1.165) is 6.42 Å². The van der Waals surface area contributed by atoms with Crippen molar-refractivity contribution < 1.29 is 9.53 Å². The molecule has 0 N–H and O–H groups in total. The third-order valence-corrected chi connectivity index (χ3v) is 3.52. The van der Waals surface area contributed by atoms with Gasteiger partial charge in [0.2, 0.25) is 5.91 Å². The second kappa shape index (κ2) is 6.38. The molecule has 3 rings (SSSR count). The maximum Gasteiger partial charge on any atom is 0.347 e. The molecular weight excluding hydrogens is 284 g/mol. The molecule has 2 aromatic heterocycles. The average Bonchev–Trinajstić information content (AvgIpc) is 2.99. The molecule has 0 aromatic carbocycles. The highest BCUT2D eigenvalue weighted by Gasteiger charge is 2.27. The normalized spacial score (nSPS) is 17.5. The molecule has 0 radical (unpaired) electrons. The van der Waals surface area contributed by atoms with Gasteiger partial charge in [0, 0.05) is 31.6 Å². The Morgan fingerprint density at radius 1 is 1.36 bits per heavy atom. The third kappa shape index (κ3) is 3.30. The monoisotopic (exact) mass is 300 g/mol. The smallest absolute Gasteiger partial charge is 0.347 e. The minimum atomic E-state index is -0.418. The Labute approximate surface area is 127 Å². The van der Waals surface area contributed by atoms with E-state index in [1.54, 1.807) is 29.6 Å². The molecule has 1 amide bonds. The summed E-state index contributed by atoms with van der Waals surface area (Å²) < 4.78 is 7.10. The summed E-state index contributed by atoms with van der Waals surface area (Å²) in [4.78, 5) is 33.1. The van der Waals surface area contributed by atoms with Gasteiger partial charge in [0.25, 0.3) is 0 Å². The Balaban J connectivity index is 1.57. The van der Waals surface area contributed by atoms with Crippen LogP contribution >= 0.6 is 0 Å². The molecule has 2 aromatic rings. The summed E-state index contributed by atoms with van der Waals surface area (Å²) in [5.41, 5.74) is -0.418. The zero-order valence-electron chi connectivity index (χ0n) is 12.0. The molecule has 0 bridgehead atoms. The maximum absolute atomic E-state index is 12.2. The summed E-state index contributed by atoms with van der Waals surface area (Å²) in [7, 11) is 0. The molecule has 0 saturated carbocycles. The van der Waals surface area contributed by atoms with Crippen molar-refractivity contribution in [1.82, 2.24) is 19.4 Å². The van der Waals surface area contributed by atoms with Gasteiger partial charge in [-0.2, -0.15) is 0 Å². The van der Waals surface area contributed by atoms with Crippen LogP contribution in [0, 0.1) is 0 Å². The number of pyridine rings is 1. The Morgan fingerprint density at radius 2 is 2.27 bits per heavy atom. The van der Waals surface area contributed by atoms with E-state index in [9.17, 15) is 9.59 Å². The lowest BCUT2D eigenvalue weighted by Gasteiger charge is -2.17. The highest BCUT2D eigenvalue weighted by molar-refractivity contribution is 5.76.